The van der Waals surface area contributed by atoms with Crippen molar-refractivity contribution in [3.63, 3.8) is 0 Å². The van der Waals surface area contributed by atoms with Crippen LogP contribution in [0.5, 0.6) is 23.0 Å². The van der Waals surface area contributed by atoms with E-state index in [9.17, 15) is 4.79 Å². The van der Waals surface area contributed by atoms with E-state index in [1.54, 1.807) is 38.6 Å². The fraction of sp³-hybridized carbons (Fsp3) is 0.0800. The normalized spacial score (nSPS) is 10.7. The van der Waals surface area contributed by atoms with Crippen molar-refractivity contribution in [2.24, 2.45) is 5.10 Å². The molecule has 8 nitrogen and oxygen atoms in total. The minimum Gasteiger partial charge on any atom is -0.493 e. The van der Waals surface area contributed by atoms with Gasteiger partial charge in [-0.15, -0.1) is 0 Å². The molecular formula is C25H22N4O4. The monoisotopic (exact) mass is 442 g/mol. The van der Waals surface area contributed by atoms with Crippen molar-refractivity contribution in [3.05, 3.63) is 90.1 Å². The van der Waals surface area contributed by atoms with Gasteiger partial charge in [0.2, 0.25) is 0 Å². The molecule has 0 aliphatic carbocycles. The number of carbonyl (C=O) groups excluding carboxylic acids is 1. The van der Waals surface area contributed by atoms with Gasteiger partial charge in [-0.2, -0.15) is 10.2 Å². The molecule has 0 bridgehead atoms. The van der Waals surface area contributed by atoms with Crippen LogP contribution in [0, 0.1) is 0 Å². The fourth-order valence-electron chi connectivity index (χ4n) is 3.09. The van der Waals surface area contributed by atoms with Crippen molar-refractivity contribution in [3.8, 4) is 34.3 Å². The molecule has 0 unspecified atom stereocenters. The third-order valence-corrected chi connectivity index (χ3v) is 4.72. The summed E-state index contributed by atoms with van der Waals surface area (Å²) in [5.41, 5.74) is 4.92. The van der Waals surface area contributed by atoms with Gasteiger partial charge < -0.3 is 14.2 Å². The van der Waals surface area contributed by atoms with Crippen LogP contribution >= 0.6 is 0 Å². The van der Waals surface area contributed by atoms with Crippen molar-refractivity contribution in [1.29, 1.82) is 0 Å². The molecule has 33 heavy (non-hydrogen) atoms. The highest BCUT2D eigenvalue weighted by Crippen LogP contribution is 2.31. The first-order chi connectivity index (χ1) is 16.2. The second-order valence-electron chi connectivity index (χ2n) is 6.92. The molecule has 0 fully saturated rings. The highest BCUT2D eigenvalue weighted by atomic mass is 16.5. The summed E-state index contributed by atoms with van der Waals surface area (Å²) < 4.78 is 16.4. The van der Waals surface area contributed by atoms with Gasteiger partial charge in [-0.05, 0) is 54.1 Å². The Balaban J connectivity index is 1.40. The Morgan fingerprint density at radius 2 is 1.70 bits per heavy atom. The zero-order chi connectivity index (χ0) is 23.0. The van der Waals surface area contributed by atoms with Crippen LogP contribution in [0.4, 0.5) is 0 Å². The van der Waals surface area contributed by atoms with Crippen LogP contribution in [0.3, 0.4) is 0 Å². The highest BCUT2D eigenvalue weighted by molar-refractivity contribution is 5.94. The number of H-pyrrole nitrogens is 1. The number of benzene rings is 3. The first kappa shape index (κ1) is 21.6. The van der Waals surface area contributed by atoms with E-state index < -0.39 is 5.91 Å². The number of para-hydroxylation sites is 1. The van der Waals surface area contributed by atoms with Crippen molar-refractivity contribution in [1.82, 2.24) is 15.6 Å². The molecule has 4 rings (SSSR count). The van der Waals surface area contributed by atoms with E-state index in [0.717, 1.165) is 16.9 Å². The number of carbonyl (C=O) groups is 1. The van der Waals surface area contributed by atoms with E-state index in [4.69, 9.17) is 14.2 Å². The Morgan fingerprint density at radius 1 is 0.909 bits per heavy atom. The van der Waals surface area contributed by atoms with Crippen LogP contribution in [0.15, 0.2) is 84.0 Å². The van der Waals surface area contributed by atoms with Gasteiger partial charge in [-0.3, -0.25) is 9.89 Å². The van der Waals surface area contributed by atoms with Crippen molar-refractivity contribution in [2.75, 3.05) is 14.2 Å². The van der Waals surface area contributed by atoms with Gasteiger partial charge in [0.15, 0.2) is 11.5 Å². The molecule has 0 radical (unpaired) electrons. The lowest BCUT2D eigenvalue weighted by atomic mass is 10.1. The molecule has 1 amide bonds. The SMILES string of the molecule is COc1ccc(-c2cc(C(=O)N/N=C/c3cccc(Oc4ccccc4)c3)[nH]n2)cc1OC. The van der Waals surface area contributed by atoms with E-state index in [0.29, 0.717) is 22.9 Å². The van der Waals surface area contributed by atoms with E-state index in [2.05, 4.69) is 20.7 Å². The average Bonchev–Trinajstić information content (AvgIpc) is 3.35. The first-order valence-electron chi connectivity index (χ1n) is 10.1. The Bertz CT molecular complexity index is 1270. The van der Waals surface area contributed by atoms with Gasteiger partial charge in [-0.25, -0.2) is 5.43 Å². The molecule has 1 heterocycles. The van der Waals surface area contributed by atoms with Gasteiger partial charge in [0.25, 0.3) is 5.91 Å². The summed E-state index contributed by atoms with van der Waals surface area (Å²) in [6, 6.07) is 23.9. The topological polar surface area (TPSA) is 97.8 Å². The molecule has 0 saturated carbocycles. The summed E-state index contributed by atoms with van der Waals surface area (Å²) in [7, 11) is 3.13. The molecule has 0 atom stereocenters. The lowest BCUT2D eigenvalue weighted by Crippen LogP contribution is -2.18. The predicted molar refractivity (Wildman–Crippen MR) is 125 cm³/mol. The summed E-state index contributed by atoms with van der Waals surface area (Å²) in [4.78, 5) is 12.4. The molecular weight excluding hydrogens is 420 g/mol. The van der Waals surface area contributed by atoms with E-state index in [1.165, 1.54) is 0 Å². The number of ether oxygens (including phenoxy) is 3. The summed E-state index contributed by atoms with van der Waals surface area (Å²) in [5, 5.41) is 11.0. The first-order valence-corrected chi connectivity index (χ1v) is 10.1. The van der Waals surface area contributed by atoms with Crippen LogP contribution in [0.1, 0.15) is 16.1 Å². The quantitative estimate of drug-likeness (QED) is 0.306. The Labute approximate surface area is 190 Å². The zero-order valence-corrected chi connectivity index (χ0v) is 18.1. The number of nitrogens with zero attached hydrogens (tertiary/aromatic N) is 2. The molecule has 0 spiro atoms. The smallest absolute Gasteiger partial charge is 0.289 e. The Kier molecular flexibility index (Phi) is 6.65. The molecule has 0 aliphatic rings. The van der Waals surface area contributed by atoms with Gasteiger partial charge in [0.05, 0.1) is 26.1 Å². The third kappa shape index (κ3) is 5.37. The van der Waals surface area contributed by atoms with Crippen molar-refractivity contribution < 1.29 is 19.0 Å². The zero-order valence-electron chi connectivity index (χ0n) is 18.1. The molecule has 8 heteroatoms. The maximum atomic E-state index is 12.4. The Hall–Kier alpha value is -4.59. The lowest BCUT2D eigenvalue weighted by Gasteiger charge is -2.08. The minimum atomic E-state index is -0.415. The van der Waals surface area contributed by atoms with Crippen LogP contribution in [-0.4, -0.2) is 36.5 Å². The van der Waals surface area contributed by atoms with Gasteiger partial charge in [0.1, 0.15) is 17.2 Å². The molecule has 2 N–H and O–H groups in total. The maximum Gasteiger partial charge on any atom is 0.289 e. The van der Waals surface area contributed by atoms with Crippen LogP contribution in [0.25, 0.3) is 11.3 Å². The van der Waals surface area contributed by atoms with Crippen LogP contribution in [-0.2, 0) is 0 Å². The molecule has 3 aromatic carbocycles. The van der Waals surface area contributed by atoms with Gasteiger partial charge in [0, 0.05) is 5.56 Å². The third-order valence-electron chi connectivity index (χ3n) is 4.72. The number of nitrogens with one attached hydrogen (secondary N) is 2. The minimum absolute atomic E-state index is 0.276. The summed E-state index contributed by atoms with van der Waals surface area (Å²) >= 11 is 0. The molecule has 1 aromatic heterocycles. The number of amides is 1. The van der Waals surface area contributed by atoms with E-state index in [1.807, 2.05) is 60.7 Å². The number of hydrogen-bond donors (Lipinski definition) is 2. The fourth-order valence-corrected chi connectivity index (χ4v) is 3.09. The summed E-state index contributed by atoms with van der Waals surface area (Å²) in [5.74, 6) is 2.19. The average molecular weight is 442 g/mol. The molecule has 0 aliphatic heterocycles. The molecule has 4 aromatic rings. The predicted octanol–water partition coefficient (Wildman–Crippen LogP) is 4.65. The molecule has 166 valence electrons. The number of rotatable bonds is 8. The standard InChI is InChI=1S/C25H22N4O4/c1-31-23-12-11-18(14-24(23)32-2)21-15-22(28-27-21)25(30)29-26-16-17-7-6-10-20(13-17)33-19-8-4-3-5-9-19/h3-16H,1-2H3,(H,27,28)(H,29,30)/b26-16+. The van der Waals surface area contributed by atoms with E-state index >= 15 is 0 Å². The summed E-state index contributed by atoms with van der Waals surface area (Å²) in [6.45, 7) is 0. The number of hydrazone groups is 1. The number of aromatic nitrogens is 2. The maximum absolute atomic E-state index is 12.4. The Morgan fingerprint density at radius 3 is 2.48 bits per heavy atom. The number of hydrogen-bond acceptors (Lipinski definition) is 6. The lowest BCUT2D eigenvalue weighted by molar-refractivity contribution is 0.0950. The van der Waals surface area contributed by atoms with Crippen molar-refractivity contribution >= 4 is 12.1 Å². The second-order valence-corrected chi connectivity index (χ2v) is 6.92. The van der Waals surface area contributed by atoms with Crippen LogP contribution in [0.2, 0.25) is 0 Å². The highest BCUT2D eigenvalue weighted by Gasteiger charge is 2.12. The van der Waals surface area contributed by atoms with Crippen molar-refractivity contribution in [2.45, 2.75) is 0 Å². The van der Waals surface area contributed by atoms with Gasteiger partial charge in [-0.1, -0.05) is 30.3 Å². The van der Waals surface area contributed by atoms with E-state index in [-0.39, 0.29) is 5.69 Å². The number of methoxy groups -OCH3 is 2. The largest absolute Gasteiger partial charge is 0.493 e. The number of aromatic amines is 1. The second kappa shape index (κ2) is 10.1. The van der Waals surface area contributed by atoms with Gasteiger partial charge >= 0.3 is 0 Å². The van der Waals surface area contributed by atoms with Crippen LogP contribution < -0.4 is 19.6 Å². The summed E-state index contributed by atoms with van der Waals surface area (Å²) in [6.07, 6.45) is 1.54. The molecule has 0 saturated heterocycles.